The van der Waals surface area contributed by atoms with Crippen LogP contribution in [-0.2, 0) is 0 Å². The number of nitrogens with one attached hydrogen (secondary N) is 1. The van der Waals surface area contributed by atoms with Crippen molar-refractivity contribution in [1.82, 2.24) is 4.98 Å². The summed E-state index contributed by atoms with van der Waals surface area (Å²) in [5, 5.41) is 12.4. The van der Waals surface area contributed by atoms with Crippen molar-refractivity contribution in [3.05, 3.63) is 48.2 Å². The third kappa shape index (κ3) is 2.28. The van der Waals surface area contributed by atoms with Gasteiger partial charge in [0.2, 0.25) is 0 Å². The van der Waals surface area contributed by atoms with E-state index in [9.17, 15) is 5.11 Å². The largest absolute Gasteiger partial charge is 0.508 e. The van der Waals surface area contributed by atoms with Crippen molar-refractivity contribution >= 4 is 11.5 Å². The highest BCUT2D eigenvalue weighted by Crippen LogP contribution is 2.38. The van der Waals surface area contributed by atoms with E-state index < -0.39 is 0 Å². The van der Waals surface area contributed by atoms with Crippen molar-refractivity contribution in [1.29, 1.82) is 0 Å². The number of anilines is 2. The lowest BCUT2D eigenvalue weighted by molar-refractivity contribution is 0.475. The van der Waals surface area contributed by atoms with Gasteiger partial charge in [0.15, 0.2) is 0 Å². The molecule has 18 heavy (non-hydrogen) atoms. The number of hydrogen-bond donors (Lipinski definition) is 3. The summed E-state index contributed by atoms with van der Waals surface area (Å²) in [6.07, 6.45) is 2.94. The molecule has 1 fully saturated rings. The van der Waals surface area contributed by atoms with Crippen molar-refractivity contribution in [2.75, 3.05) is 5.32 Å². The SMILES string of the molecule is NC1CC1c1ccc(Nc2ccc(O)cc2)nc1. The van der Waals surface area contributed by atoms with E-state index in [-0.39, 0.29) is 5.75 Å². The molecule has 0 amide bonds. The van der Waals surface area contributed by atoms with Crippen LogP contribution < -0.4 is 11.1 Å². The van der Waals surface area contributed by atoms with Crippen molar-refractivity contribution in [3.63, 3.8) is 0 Å². The predicted octanol–water partition coefficient (Wildman–Crippen LogP) is 2.35. The van der Waals surface area contributed by atoms with Gasteiger partial charge in [-0.3, -0.25) is 0 Å². The Morgan fingerprint density at radius 2 is 1.89 bits per heavy atom. The molecule has 2 unspecified atom stereocenters. The summed E-state index contributed by atoms with van der Waals surface area (Å²) in [5.74, 6) is 1.53. The van der Waals surface area contributed by atoms with E-state index >= 15 is 0 Å². The standard InChI is InChI=1S/C14H15N3O/c15-13-7-12(13)9-1-6-14(16-8-9)17-10-2-4-11(18)5-3-10/h1-6,8,12-13,18H,7,15H2,(H,16,17). The van der Waals surface area contributed by atoms with E-state index in [0.29, 0.717) is 12.0 Å². The first-order chi connectivity index (χ1) is 8.72. The summed E-state index contributed by atoms with van der Waals surface area (Å²) in [5.41, 5.74) is 7.91. The normalized spacial score (nSPS) is 21.6. The fraction of sp³-hybridized carbons (Fsp3) is 0.214. The maximum atomic E-state index is 9.20. The lowest BCUT2D eigenvalue weighted by atomic mass is 10.2. The zero-order valence-electron chi connectivity index (χ0n) is 9.88. The number of rotatable bonds is 3. The van der Waals surface area contributed by atoms with Crippen molar-refractivity contribution in [3.8, 4) is 5.75 Å². The quantitative estimate of drug-likeness (QED) is 0.721. The minimum Gasteiger partial charge on any atom is -0.508 e. The molecule has 0 radical (unpaired) electrons. The van der Waals surface area contributed by atoms with E-state index in [4.69, 9.17) is 5.73 Å². The van der Waals surface area contributed by atoms with Crippen LogP contribution in [0.3, 0.4) is 0 Å². The van der Waals surface area contributed by atoms with Crippen LogP contribution in [0.15, 0.2) is 42.6 Å². The first-order valence-electron chi connectivity index (χ1n) is 6.00. The topological polar surface area (TPSA) is 71.2 Å². The first-order valence-corrected chi connectivity index (χ1v) is 6.00. The smallest absolute Gasteiger partial charge is 0.130 e. The van der Waals surface area contributed by atoms with Gasteiger partial charge in [-0.1, -0.05) is 6.07 Å². The van der Waals surface area contributed by atoms with Crippen LogP contribution in [0.5, 0.6) is 5.75 Å². The van der Waals surface area contributed by atoms with E-state index in [2.05, 4.69) is 16.4 Å². The Morgan fingerprint density at radius 3 is 2.44 bits per heavy atom. The zero-order valence-corrected chi connectivity index (χ0v) is 9.88. The van der Waals surface area contributed by atoms with Gasteiger partial charge in [0.05, 0.1) is 0 Å². The molecule has 3 rings (SSSR count). The average molecular weight is 241 g/mol. The molecule has 0 saturated heterocycles. The number of hydrogen-bond acceptors (Lipinski definition) is 4. The Morgan fingerprint density at radius 1 is 1.17 bits per heavy atom. The molecule has 1 aromatic carbocycles. The number of aromatic nitrogens is 1. The molecule has 2 atom stereocenters. The summed E-state index contributed by atoms with van der Waals surface area (Å²) >= 11 is 0. The molecule has 0 aliphatic heterocycles. The van der Waals surface area contributed by atoms with E-state index in [0.717, 1.165) is 17.9 Å². The highest BCUT2D eigenvalue weighted by Gasteiger charge is 2.34. The first kappa shape index (κ1) is 11.0. The summed E-state index contributed by atoms with van der Waals surface area (Å²) in [6, 6.07) is 11.2. The summed E-state index contributed by atoms with van der Waals surface area (Å²) in [4.78, 5) is 4.36. The molecule has 92 valence electrons. The van der Waals surface area contributed by atoms with E-state index in [1.54, 1.807) is 12.1 Å². The Hall–Kier alpha value is -2.07. The molecular formula is C14H15N3O. The predicted molar refractivity (Wildman–Crippen MR) is 71.0 cm³/mol. The lowest BCUT2D eigenvalue weighted by Crippen LogP contribution is -2.01. The number of pyridine rings is 1. The van der Waals surface area contributed by atoms with Crippen molar-refractivity contribution < 1.29 is 5.11 Å². The van der Waals surface area contributed by atoms with Crippen molar-refractivity contribution in [2.24, 2.45) is 5.73 Å². The third-order valence-electron chi connectivity index (χ3n) is 3.19. The number of phenols is 1. The molecule has 0 spiro atoms. The Kier molecular flexibility index (Phi) is 2.64. The van der Waals surface area contributed by atoms with Gasteiger partial charge in [0.25, 0.3) is 0 Å². The summed E-state index contributed by atoms with van der Waals surface area (Å²) < 4.78 is 0. The van der Waals surface area contributed by atoms with Crippen LogP contribution in [0.1, 0.15) is 17.9 Å². The molecule has 4 nitrogen and oxygen atoms in total. The second-order valence-electron chi connectivity index (χ2n) is 4.65. The maximum Gasteiger partial charge on any atom is 0.130 e. The molecule has 1 aliphatic carbocycles. The van der Waals surface area contributed by atoms with Gasteiger partial charge in [-0.05, 0) is 42.3 Å². The minimum absolute atomic E-state index is 0.256. The van der Waals surface area contributed by atoms with Gasteiger partial charge >= 0.3 is 0 Å². The number of nitrogens with two attached hydrogens (primary N) is 1. The molecule has 1 aliphatic rings. The van der Waals surface area contributed by atoms with Crippen LogP contribution >= 0.6 is 0 Å². The van der Waals surface area contributed by atoms with Crippen LogP contribution in [-0.4, -0.2) is 16.1 Å². The number of benzene rings is 1. The lowest BCUT2D eigenvalue weighted by Gasteiger charge is -2.06. The number of phenolic OH excluding ortho intramolecular Hbond substituents is 1. The molecule has 1 heterocycles. The Labute approximate surface area is 105 Å². The van der Waals surface area contributed by atoms with Gasteiger partial charge in [0, 0.05) is 23.8 Å². The zero-order chi connectivity index (χ0) is 12.5. The second-order valence-corrected chi connectivity index (χ2v) is 4.65. The average Bonchev–Trinajstić information content (AvgIpc) is 3.10. The van der Waals surface area contributed by atoms with Crippen LogP contribution in [0.25, 0.3) is 0 Å². The summed E-state index contributed by atoms with van der Waals surface area (Å²) in [6.45, 7) is 0. The second kappa shape index (κ2) is 4.31. The molecule has 2 aromatic rings. The van der Waals surface area contributed by atoms with Crippen LogP contribution in [0.2, 0.25) is 0 Å². The van der Waals surface area contributed by atoms with Gasteiger partial charge in [-0.2, -0.15) is 0 Å². The van der Waals surface area contributed by atoms with Crippen LogP contribution in [0, 0.1) is 0 Å². The fourth-order valence-electron chi connectivity index (χ4n) is 1.99. The monoisotopic (exact) mass is 241 g/mol. The Balaban J connectivity index is 1.71. The molecule has 4 heteroatoms. The summed E-state index contributed by atoms with van der Waals surface area (Å²) in [7, 11) is 0. The van der Waals surface area contributed by atoms with Gasteiger partial charge < -0.3 is 16.2 Å². The highest BCUT2D eigenvalue weighted by molar-refractivity contribution is 5.57. The molecule has 4 N–H and O–H groups in total. The van der Waals surface area contributed by atoms with E-state index in [1.807, 2.05) is 24.4 Å². The number of nitrogens with zero attached hydrogens (tertiary/aromatic N) is 1. The number of aromatic hydroxyl groups is 1. The maximum absolute atomic E-state index is 9.20. The third-order valence-corrected chi connectivity index (χ3v) is 3.19. The van der Waals surface area contributed by atoms with Crippen LogP contribution in [0.4, 0.5) is 11.5 Å². The fourth-order valence-corrected chi connectivity index (χ4v) is 1.99. The molecule has 1 aromatic heterocycles. The minimum atomic E-state index is 0.256. The van der Waals surface area contributed by atoms with Crippen molar-refractivity contribution in [2.45, 2.75) is 18.4 Å². The highest BCUT2D eigenvalue weighted by atomic mass is 16.3. The van der Waals surface area contributed by atoms with Gasteiger partial charge in [-0.15, -0.1) is 0 Å². The molecule has 1 saturated carbocycles. The molecule has 0 bridgehead atoms. The Bertz CT molecular complexity index is 536. The van der Waals surface area contributed by atoms with Gasteiger partial charge in [-0.25, -0.2) is 4.98 Å². The van der Waals surface area contributed by atoms with E-state index in [1.165, 1.54) is 5.56 Å². The molecular weight excluding hydrogens is 226 g/mol. The van der Waals surface area contributed by atoms with Gasteiger partial charge in [0.1, 0.15) is 11.6 Å².